The molecule has 1 unspecified atom stereocenters. The number of hydrogen-bond donors (Lipinski definition) is 1. The molecule has 3 aromatic rings. The third-order valence-electron chi connectivity index (χ3n) is 5.72. The van der Waals surface area contributed by atoms with E-state index in [2.05, 4.69) is 46.6 Å². The summed E-state index contributed by atoms with van der Waals surface area (Å²) in [6.07, 6.45) is 1.00. The predicted molar refractivity (Wildman–Crippen MR) is 134 cm³/mol. The lowest BCUT2D eigenvalue weighted by molar-refractivity contribution is 0.0749. The molecular formula is C26H29FN4O2S. The van der Waals surface area contributed by atoms with E-state index >= 15 is 0 Å². The van der Waals surface area contributed by atoms with Crippen LogP contribution in [-0.2, 0) is 4.74 Å². The highest BCUT2D eigenvalue weighted by molar-refractivity contribution is 7.80. The fourth-order valence-corrected chi connectivity index (χ4v) is 4.30. The van der Waals surface area contributed by atoms with E-state index in [0.29, 0.717) is 35.5 Å². The Hall–Kier alpha value is -3.10. The maximum atomic E-state index is 13.7. The van der Waals surface area contributed by atoms with Gasteiger partial charge < -0.3 is 19.5 Å². The lowest BCUT2D eigenvalue weighted by atomic mass is 9.94. The first-order chi connectivity index (χ1) is 16.3. The minimum atomic E-state index is -0.351. The largest absolute Gasteiger partial charge is 0.379 e. The van der Waals surface area contributed by atoms with Gasteiger partial charge in [-0.15, -0.1) is 0 Å². The molecule has 0 aliphatic carbocycles. The summed E-state index contributed by atoms with van der Waals surface area (Å²) >= 11 is 5.74. The number of rotatable bonds is 8. The molecule has 178 valence electrons. The van der Waals surface area contributed by atoms with E-state index in [1.165, 1.54) is 17.7 Å². The Morgan fingerprint density at radius 3 is 2.65 bits per heavy atom. The molecule has 0 saturated heterocycles. The third-order valence-corrected chi connectivity index (χ3v) is 6.06. The van der Waals surface area contributed by atoms with Crippen molar-refractivity contribution in [2.75, 3.05) is 13.2 Å². The van der Waals surface area contributed by atoms with Crippen molar-refractivity contribution < 1.29 is 13.7 Å². The second kappa shape index (κ2) is 10.4. The van der Waals surface area contributed by atoms with Gasteiger partial charge in [0.15, 0.2) is 5.11 Å². The number of nitrogens with zero attached hydrogens (tertiary/aromatic N) is 3. The molecule has 1 aromatic heterocycles. The fourth-order valence-electron chi connectivity index (χ4n) is 3.96. The van der Waals surface area contributed by atoms with Crippen LogP contribution >= 0.6 is 12.2 Å². The quantitative estimate of drug-likeness (QED) is 0.330. The summed E-state index contributed by atoms with van der Waals surface area (Å²) in [7, 11) is 0. The van der Waals surface area contributed by atoms with Gasteiger partial charge in [0.1, 0.15) is 5.82 Å². The summed E-state index contributed by atoms with van der Waals surface area (Å²) in [4.78, 5) is 6.68. The smallest absolute Gasteiger partial charge is 0.258 e. The fraction of sp³-hybridized carbons (Fsp3) is 0.346. The zero-order valence-electron chi connectivity index (χ0n) is 19.8. The van der Waals surface area contributed by atoms with Crippen molar-refractivity contribution in [3.63, 3.8) is 0 Å². The lowest BCUT2D eigenvalue weighted by Crippen LogP contribution is -2.46. The van der Waals surface area contributed by atoms with Gasteiger partial charge in [-0.25, -0.2) is 4.39 Å². The Kier molecular flexibility index (Phi) is 7.38. The van der Waals surface area contributed by atoms with Crippen LogP contribution in [-0.4, -0.2) is 39.4 Å². The highest BCUT2D eigenvalue weighted by Crippen LogP contribution is 2.37. The molecule has 1 N–H and O–H groups in total. The molecule has 4 rings (SSSR count). The number of halogens is 1. The van der Waals surface area contributed by atoms with Gasteiger partial charge in [-0.3, -0.25) is 0 Å². The first-order valence-corrected chi connectivity index (χ1v) is 11.8. The molecule has 0 bridgehead atoms. The van der Waals surface area contributed by atoms with Crippen molar-refractivity contribution in [3.8, 4) is 11.4 Å². The van der Waals surface area contributed by atoms with Crippen molar-refractivity contribution in [2.24, 2.45) is 0 Å². The van der Waals surface area contributed by atoms with Gasteiger partial charge in [-0.1, -0.05) is 47.1 Å². The number of nitrogens with one attached hydrogen (secondary N) is 1. The Morgan fingerprint density at radius 1 is 1.18 bits per heavy atom. The van der Waals surface area contributed by atoms with Crippen molar-refractivity contribution in [2.45, 2.75) is 46.3 Å². The lowest BCUT2D eigenvalue weighted by Gasteiger charge is -2.37. The van der Waals surface area contributed by atoms with Crippen molar-refractivity contribution in [1.29, 1.82) is 0 Å². The maximum absolute atomic E-state index is 13.7. The molecule has 0 spiro atoms. The van der Waals surface area contributed by atoms with Crippen molar-refractivity contribution >= 4 is 22.9 Å². The number of allylic oxidation sites excluding steroid dienone is 1. The summed E-state index contributed by atoms with van der Waals surface area (Å²) in [5.74, 6) is 0.361. The van der Waals surface area contributed by atoms with E-state index in [9.17, 15) is 4.39 Å². The Labute approximate surface area is 204 Å². The number of ether oxygens (including phenoxy) is 1. The average Bonchev–Trinajstić information content (AvgIpc) is 3.28. The van der Waals surface area contributed by atoms with Crippen LogP contribution in [0.4, 0.5) is 4.39 Å². The van der Waals surface area contributed by atoms with Crippen molar-refractivity contribution in [3.05, 3.63) is 77.1 Å². The Balaban J connectivity index is 1.71. The summed E-state index contributed by atoms with van der Waals surface area (Å²) in [5.41, 5.74) is 4.55. The molecule has 1 aliphatic rings. The Bertz CT molecular complexity index is 1190. The van der Waals surface area contributed by atoms with Crippen LogP contribution in [0.15, 0.2) is 58.8 Å². The molecule has 0 saturated carbocycles. The number of aromatic nitrogens is 2. The zero-order chi connectivity index (χ0) is 24.2. The van der Waals surface area contributed by atoms with E-state index < -0.39 is 0 Å². The van der Waals surface area contributed by atoms with Crippen LogP contribution in [0.2, 0.25) is 0 Å². The minimum absolute atomic E-state index is 0.184. The standard InChI is InChI=1S/C26H29FN4O2S/c1-16(2)32-14-6-13-31-18(4)22(23(28-26(31)34)19-11-9-17(3)10-12-19)25-29-24(30-33-25)20-7-5-8-21(27)15-20/h5,7-12,15-16,23H,6,13-14H2,1-4H3,(H,28,34). The van der Waals surface area contributed by atoms with E-state index in [4.69, 9.17) is 21.5 Å². The number of hydrogen-bond acceptors (Lipinski definition) is 5. The first kappa shape index (κ1) is 24.0. The van der Waals surface area contributed by atoms with Gasteiger partial charge in [0.2, 0.25) is 5.82 Å². The number of aryl methyl sites for hydroxylation is 1. The molecule has 0 radical (unpaired) electrons. The maximum Gasteiger partial charge on any atom is 0.258 e. The summed E-state index contributed by atoms with van der Waals surface area (Å²) in [5, 5.41) is 8.23. The topological polar surface area (TPSA) is 63.4 Å². The molecule has 0 amide bonds. The monoisotopic (exact) mass is 480 g/mol. The first-order valence-electron chi connectivity index (χ1n) is 11.4. The number of thiocarbonyl (C=S) groups is 1. The molecular weight excluding hydrogens is 451 g/mol. The van der Waals surface area contributed by atoms with E-state index in [1.54, 1.807) is 12.1 Å². The van der Waals surface area contributed by atoms with Crippen LogP contribution in [0, 0.1) is 12.7 Å². The van der Waals surface area contributed by atoms with Gasteiger partial charge in [-0.2, -0.15) is 4.98 Å². The van der Waals surface area contributed by atoms with Crippen LogP contribution in [0.1, 0.15) is 50.3 Å². The molecule has 6 nitrogen and oxygen atoms in total. The van der Waals surface area contributed by atoms with E-state index in [1.807, 2.05) is 25.7 Å². The number of benzene rings is 2. The summed E-state index contributed by atoms with van der Waals surface area (Å²) in [6.45, 7) is 9.45. The van der Waals surface area contributed by atoms with Crippen LogP contribution in [0.25, 0.3) is 17.0 Å². The average molecular weight is 481 g/mol. The van der Waals surface area contributed by atoms with Crippen molar-refractivity contribution in [1.82, 2.24) is 20.4 Å². The van der Waals surface area contributed by atoms with E-state index in [-0.39, 0.29) is 18.0 Å². The van der Waals surface area contributed by atoms with Crippen LogP contribution < -0.4 is 5.32 Å². The Morgan fingerprint density at radius 2 is 1.94 bits per heavy atom. The van der Waals surface area contributed by atoms with Crippen LogP contribution in [0.5, 0.6) is 0 Å². The summed E-state index contributed by atoms with van der Waals surface area (Å²) < 4.78 is 25.2. The SMILES string of the molecule is CC1=C(c2nc(-c3cccc(F)c3)no2)C(c2ccc(C)cc2)NC(=S)N1CCCOC(C)C. The molecule has 8 heteroatoms. The van der Waals surface area contributed by atoms with Gasteiger partial charge in [0, 0.05) is 24.4 Å². The summed E-state index contributed by atoms with van der Waals surface area (Å²) in [6, 6.07) is 14.2. The van der Waals surface area contributed by atoms with Gasteiger partial charge in [-0.05, 0) is 64.0 Å². The highest BCUT2D eigenvalue weighted by Gasteiger charge is 2.33. The normalized spacial score (nSPS) is 16.4. The second-order valence-corrected chi connectivity index (χ2v) is 9.04. The molecule has 1 aliphatic heterocycles. The molecule has 2 heterocycles. The zero-order valence-corrected chi connectivity index (χ0v) is 20.7. The third kappa shape index (κ3) is 5.34. The van der Waals surface area contributed by atoms with Gasteiger partial charge >= 0.3 is 0 Å². The highest BCUT2D eigenvalue weighted by atomic mass is 32.1. The molecule has 2 aromatic carbocycles. The van der Waals surface area contributed by atoms with Gasteiger partial charge in [0.25, 0.3) is 5.89 Å². The predicted octanol–water partition coefficient (Wildman–Crippen LogP) is 5.66. The van der Waals surface area contributed by atoms with E-state index in [0.717, 1.165) is 23.3 Å². The minimum Gasteiger partial charge on any atom is -0.379 e. The van der Waals surface area contributed by atoms with Gasteiger partial charge in [0.05, 0.1) is 17.7 Å². The molecule has 1 atom stereocenters. The second-order valence-electron chi connectivity index (χ2n) is 8.65. The molecule has 0 fully saturated rings. The molecule has 34 heavy (non-hydrogen) atoms. The van der Waals surface area contributed by atoms with Crippen LogP contribution in [0.3, 0.4) is 0 Å².